The molecule has 0 saturated carbocycles. The molecule has 0 radical (unpaired) electrons. The number of aromatic nitrogens is 4. The maximum absolute atomic E-state index is 13.9. The lowest BCUT2D eigenvalue weighted by atomic mass is 9.85. The van der Waals surface area contributed by atoms with Crippen LogP contribution < -0.4 is 10.5 Å². The normalized spacial score (nSPS) is 11.9. The van der Waals surface area contributed by atoms with Gasteiger partial charge in [0.15, 0.2) is 0 Å². The zero-order chi connectivity index (χ0) is 25.6. The number of pyridine rings is 1. The summed E-state index contributed by atoms with van der Waals surface area (Å²) < 4.78 is 27.3. The van der Waals surface area contributed by atoms with E-state index in [1.165, 1.54) is 19.2 Å². The minimum absolute atomic E-state index is 0.103. The van der Waals surface area contributed by atoms with Crippen LogP contribution in [-0.2, 0) is 10.2 Å². The van der Waals surface area contributed by atoms with E-state index in [9.17, 15) is 9.18 Å². The number of benzene rings is 2. The highest BCUT2D eigenvalue weighted by atomic mass is 19.1. The van der Waals surface area contributed by atoms with Crippen molar-refractivity contribution in [3.05, 3.63) is 71.9 Å². The van der Waals surface area contributed by atoms with Crippen LogP contribution in [0.15, 0.2) is 54.7 Å². The Kier molecular flexibility index (Phi) is 5.72. The average molecular weight is 488 g/mol. The molecule has 36 heavy (non-hydrogen) atoms. The minimum atomic E-state index is -0.646. The molecule has 8 nitrogen and oxygen atoms in total. The molecule has 0 saturated heterocycles. The SMILES string of the molecule is COCC(C)(C)c1c(-c2ccc(C(N)=O)nc2OC)c2cc3[nH]ncc3cc2n1-c1ccc(F)cc1. The molecule has 5 rings (SSSR count). The molecule has 0 fully saturated rings. The number of nitrogens with zero attached hydrogens (tertiary/aromatic N) is 3. The van der Waals surface area contributed by atoms with Crippen LogP contribution in [0.2, 0.25) is 0 Å². The van der Waals surface area contributed by atoms with Crippen LogP contribution in [-0.4, -0.2) is 46.5 Å². The van der Waals surface area contributed by atoms with Crippen LogP contribution in [0.5, 0.6) is 5.88 Å². The van der Waals surface area contributed by atoms with Crippen molar-refractivity contribution in [3.8, 4) is 22.7 Å². The van der Waals surface area contributed by atoms with E-state index < -0.39 is 11.3 Å². The van der Waals surface area contributed by atoms with Crippen LogP contribution >= 0.6 is 0 Å². The molecule has 0 aliphatic heterocycles. The summed E-state index contributed by atoms with van der Waals surface area (Å²) in [6.45, 7) is 4.57. The number of hydrogen-bond acceptors (Lipinski definition) is 5. The number of rotatable bonds is 7. The fourth-order valence-electron chi connectivity index (χ4n) is 4.85. The number of aromatic amines is 1. The van der Waals surface area contributed by atoms with Gasteiger partial charge in [0.25, 0.3) is 5.91 Å². The first kappa shape index (κ1) is 23.5. The molecule has 0 spiro atoms. The fraction of sp³-hybridized carbons (Fsp3) is 0.222. The van der Waals surface area contributed by atoms with E-state index in [2.05, 4.69) is 33.6 Å². The van der Waals surface area contributed by atoms with E-state index in [0.29, 0.717) is 12.2 Å². The van der Waals surface area contributed by atoms with E-state index in [1.807, 2.05) is 12.1 Å². The minimum Gasteiger partial charge on any atom is -0.481 e. The lowest BCUT2D eigenvalue weighted by molar-refractivity contribution is 0.0994. The first-order valence-corrected chi connectivity index (χ1v) is 11.4. The highest BCUT2D eigenvalue weighted by Crippen LogP contribution is 2.46. The van der Waals surface area contributed by atoms with Gasteiger partial charge in [-0.3, -0.25) is 9.89 Å². The molecule has 5 aromatic rings. The molecule has 3 N–H and O–H groups in total. The van der Waals surface area contributed by atoms with E-state index in [-0.39, 0.29) is 17.4 Å². The van der Waals surface area contributed by atoms with Gasteiger partial charge in [0, 0.05) is 45.8 Å². The largest absolute Gasteiger partial charge is 0.481 e. The van der Waals surface area contributed by atoms with E-state index in [0.717, 1.165) is 38.8 Å². The van der Waals surface area contributed by atoms with Gasteiger partial charge in [-0.15, -0.1) is 0 Å². The van der Waals surface area contributed by atoms with Gasteiger partial charge in [0.2, 0.25) is 5.88 Å². The molecule has 0 aliphatic rings. The molecule has 3 aromatic heterocycles. The number of nitrogens with one attached hydrogen (secondary N) is 1. The Morgan fingerprint density at radius 3 is 2.56 bits per heavy atom. The molecule has 9 heteroatoms. The van der Waals surface area contributed by atoms with Gasteiger partial charge in [0.05, 0.1) is 30.9 Å². The maximum atomic E-state index is 13.9. The quantitative estimate of drug-likeness (QED) is 0.345. The summed E-state index contributed by atoms with van der Waals surface area (Å²) >= 11 is 0. The molecule has 1 amide bonds. The highest BCUT2D eigenvalue weighted by Gasteiger charge is 2.33. The first-order valence-electron chi connectivity index (χ1n) is 11.4. The monoisotopic (exact) mass is 487 g/mol. The molecule has 2 aromatic carbocycles. The number of carbonyl (C=O) groups excluding carboxylic acids is 1. The van der Waals surface area contributed by atoms with Gasteiger partial charge in [0.1, 0.15) is 11.5 Å². The number of hydrogen-bond donors (Lipinski definition) is 2. The molecular formula is C27H26FN5O3. The van der Waals surface area contributed by atoms with Crippen molar-refractivity contribution in [2.45, 2.75) is 19.3 Å². The number of primary amides is 1. The van der Waals surface area contributed by atoms with Crippen LogP contribution in [0, 0.1) is 5.82 Å². The lowest BCUT2D eigenvalue weighted by Crippen LogP contribution is -2.27. The third kappa shape index (κ3) is 3.77. The van der Waals surface area contributed by atoms with Crippen molar-refractivity contribution in [1.29, 1.82) is 0 Å². The number of methoxy groups -OCH3 is 2. The Labute approximate surface area is 206 Å². The highest BCUT2D eigenvalue weighted by molar-refractivity contribution is 6.06. The summed E-state index contributed by atoms with van der Waals surface area (Å²) in [6.07, 6.45) is 1.76. The predicted molar refractivity (Wildman–Crippen MR) is 136 cm³/mol. The molecular weight excluding hydrogens is 461 g/mol. The Morgan fingerprint density at radius 1 is 1.14 bits per heavy atom. The van der Waals surface area contributed by atoms with Crippen molar-refractivity contribution in [2.75, 3.05) is 20.8 Å². The van der Waals surface area contributed by atoms with E-state index in [1.54, 1.807) is 37.6 Å². The van der Waals surface area contributed by atoms with Crippen LogP contribution in [0.25, 0.3) is 38.6 Å². The zero-order valence-corrected chi connectivity index (χ0v) is 20.4. The predicted octanol–water partition coefficient (Wildman–Crippen LogP) is 4.74. The van der Waals surface area contributed by atoms with Crippen molar-refractivity contribution in [3.63, 3.8) is 0 Å². The summed E-state index contributed by atoms with van der Waals surface area (Å²) in [5.41, 5.74) is 10.1. The van der Waals surface area contributed by atoms with Gasteiger partial charge < -0.3 is 19.8 Å². The van der Waals surface area contributed by atoms with Crippen molar-refractivity contribution in [1.82, 2.24) is 19.7 Å². The van der Waals surface area contributed by atoms with E-state index in [4.69, 9.17) is 15.2 Å². The Morgan fingerprint density at radius 2 is 1.89 bits per heavy atom. The van der Waals surface area contributed by atoms with Gasteiger partial charge in [-0.2, -0.15) is 5.10 Å². The van der Waals surface area contributed by atoms with Crippen molar-refractivity contribution >= 4 is 27.7 Å². The third-order valence-corrected chi connectivity index (χ3v) is 6.33. The summed E-state index contributed by atoms with van der Waals surface area (Å²) in [7, 11) is 3.16. The number of ether oxygens (including phenoxy) is 2. The average Bonchev–Trinajstić information content (AvgIpc) is 3.44. The van der Waals surface area contributed by atoms with E-state index >= 15 is 0 Å². The van der Waals surface area contributed by atoms with Gasteiger partial charge >= 0.3 is 0 Å². The number of halogens is 1. The molecule has 184 valence electrons. The molecule has 3 heterocycles. The van der Waals surface area contributed by atoms with Crippen molar-refractivity contribution < 1.29 is 18.7 Å². The molecule has 0 aliphatic carbocycles. The Hall–Kier alpha value is -4.24. The standard InChI is InChI=1S/C27H26FN5O3/c1-27(2,14-35-3)24-23(18-9-10-20(25(29)34)31-26(18)36-4)19-12-21-15(13-30-32-21)11-22(19)33(24)17-7-5-16(28)6-8-17/h5-13H,14H2,1-4H3,(H2,29,34)(H,30,32). The second-order valence-electron chi connectivity index (χ2n) is 9.30. The second-order valence-corrected chi connectivity index (χ2v) is 9.30. The Balaban J connectivity index is 1.98. The smallest absolute Gasteiger partial charge is 0.267 e. The Bertz CT molecular complexity index is 1600. The van der Waals surface area contributed by atoms with Crippen LogP contribution in [0.3, 0.4) is 0 Å². The number of fused-ring (bicyclic) bond motifs is 2. The summed E-state index contributed by atoms with van der Waals surface area (Å²) in [5.74, 6) is -0.699. The first-order chi connectivity index (χ1) is 17.2. The summed E-state index contributed by atoms with van der Waals surface area (Å²) in [6, 6.07) is 13.8. The molecule has 0 atom stereocenters. The second kappa shape index (κ2) is 8.76. The van der Waals surface area contributed by atoms with Gasteiger partial charge in [-0.25, -0.2) is 9.37 Å². The topological polar surface area (TPSA) is 108 Å². The molecule has 0 unspecified atom stereocenters. The maximum Gasteiger partial charge on any atom is 0.267 e. The van der Waals surface area contributed by atoms with Gasteiger partial charge in [-0.05, 0) is 48.5 Å². The lowest BCUT2D eigenvalue weighted by Gasteiger charge is -2.28. The molecule has 0 bridgehead atoms. The van der Waals surface area contributed by atoms with Crippen LogP contribution in [0.4, 0.5) is 4.39 Å². The summed E-state index contributed by atoms with van der Waals surface area (Å²) in [5, 5.41) is 9.07. The number of carbonyl (C=O) groups is 1. The van der Waals surface area contributed by atoms with Crippen LogP contribution in [0.1, 0.15) is 30.0 Å². The third-order valence-electron chi connectivity index (χ3n) is 6.33. The number of amides is 1. The number of H-pyrrole nitrogens is 1. The fourth-order valence-corrected chi connectivity index (χ4v) is 4.85. The van der Waals surface area contributed by atoms with Crippen molar-refractivity contribution in [2.24, 2.45) is 5.73 Å². The summed E-state index contributed by atoms with van der Waals surface area (Å²) in [4.78, 5) is 16.2. The van der Waals surface area contributed by atoms with Gasteiger partial charge in [-0.1, -0.05) is 13.8 Å². The number of nitrogens with two attached hydrogens (primary N) is 1. The zero-order valence-electron chi connectivity index (χ0n) is 20.4.